The van der Waals surface area contributed by atoms with Crippen LogP contribution in [0.4, 0.5) is 34.9 Å². The number of hydrogen-bond donors (Lipinski definition) is 4. The fourth-order valence-corrected chi connectivity index (χ4v) is 5.41. The van der Waals surface area contributed by atoms with E-state index in [1.165, 1.54) is 11.1 Å². The number of nitrogens with zero attached hydrogens (tertiary/aromatic N) is 8. The van der Waals surface area contributed by atoms with Crippen molar-refractivity contribution in [2.75, 3.05) is 21.3 Å². The van der Waals surface area contributed by atoms with Gasteiger partial charge in [-0.3, -0.25) is 10.2 Å². The van der Waals surface area contributed by atoms with Gasteiger partial charge < -0.3 is 32.2 Å². The van der Waals surface area contributed by atoms with Gasteiger partial charge in [-0.15, -0.1) is 0 Å². The molecule has 0 aliphatic rings. The Hall–Kier alpha value is -6.90. The number of hydrogen-bond acceptors (Lipinski definition) is 10. The molecule has 0 fully saturated rings. The summed E-state index contributed by atoms with van der Waals surface area (Å²) in [4.78, 5) is 21.6. The smallest absolute Gasteiger partial charge is 0.224 e. The van der Waals surface area contributed by atoms with E-state index in [9.17, 15) is 0 Å². The fraction of sp³-hybridized carbons (Fsp3) is 0.0556. The average molecular weight is 669 g/mol. The van der Waals surface area contributed by atoms with Gasteiger partial charge >= 0.3 is 0 Å². The van der Waals surface area contributed by atoms with Crippen molar-refractivity contribution in [1.29, 1.82) is 0 Å². The lowest BCUT2D eigenvalue weighted by molar-refractivity contribution is 0.823. The van der Waals surface area contributed by atoms with Gasteiger partial charge in [-0.05, 0) is 35.4 Å². The van der Waals surface area contributed by atoms with Gasteiger partial charge in [-0.1, -0.05) is 97.1 Å². The highest BCUT2D eigenvalue weighted by molar-refractivity contribution is 5.90. The summed E-state index contributed by atoms with van der Waals surface area (Å²) in [6, 6.07) is 40.7. The zero-order valence-electron chi connectivity index (χ0n) is 26.8. The van der Waals surface area contributed by atoms with Crippen molar-refractivity contribution in [1.82, 2.24) is 40.3 Å². The van der Waals surface area contributed by atoms with Crippen LogP contribution in [0.3, 0.4) is 0 Å². The monoisotopic (exact) mass is 668 g/mol. The van der Waals surface area contributed by atoms with Crippen molar-refractivity contribution in [2.24, 2.45) is 0 Å². The molecule has 50 heavy (non-hydrogen) atoms. The van der Waals surface area contributed by atoms with Gasteiger partial charge in [0.1, 0.15) is 11.6 Å². The van der Waals surface area contributed by atoms with Crippen LogP contribution in [0.2, 0.25) is 0 Å². The molecule has 10 N–H and O–H groups in total. The summed E-state index contributed by atoms with van der Waals surface area (Å²) in [6.07, 6.45) is 3.45. The van der Waals surface area contributed by atoms with Crippen LogP contribution in [-0.2, 0) is 13.1 Å². The Morgan fingerprint density at radius 3 is 1.16 bits per heavy atom. The molecule has 0 unspecified atom stereocenters. The first kappa shape index (κ1) is 34.4. The first-order valence-electron chi connectivity index (χ1n) is 15.3. The molecule has 0 spiro atoms. The standard InChI is InChI=1S/2C18H16N6.2H2O/c2*19-18-21-16-15(11-20-23-16)17(22-18)24(14-9-5-2-6-10-14)12-13-7-3-1-4-8-13;;/h2*1-11H,12H2,(H3,19,20,21,22,23);2*1H2. The van der Waals surface area contributed by atoms with Gasteiger partial charge in [0, 0.05) is 24.5 Å². The normalized spacial score (nSPS) is 10.4. The zero-order valence-corrected chi connectivity index (χ0v) is 26.8. The lowest BCUT2D eigenvalue weighted by Gasteiger charge is -2.24. The van der Waals surface area contributed by atoms with Crippen molar-refractivity contribution < 1.29 is 11.0 Å². The van der Waals surface area contributed by atoms with Crippen molar-refractivity contribution in [2.45, 2.75) is 13.1 Å². The number of anilines is 6. The molecular formula is C36H36N12O2. The van der Waals surface area contributed by atoms with Crippen LogP contribution in [0.5, 0.6) is 0 Å². The summed E-state index contributed by atoms with van der Waals surface area (Å²) in [6.45, 7) is 1.34. The van der Waals surface area contributed by atoms with Crippen molar-refractivity contribution in [3.63, 3.8) is 0 Å². The summed E-state index contributed by atoms with van der Waals surface area (Å²) in [5.74, 6) is 1.91. The maximum absolute atomic E-state index is 5.90. The Kier molecular flexibility index (Phi) is 10.9. The Morgan fingerprint density at radius 1 is 0.460 bits per heavy atom. The number of aromatic amines is 2. The number of nitrogen functional groups attached to an aromatic ring is 2. The number of nitrogens with two attached hydrogens (primary N) is 2. The first-order chi connectivity index (χ1) is 23.6. The van der Waals surface area contributed by atoms with Gasteiger partial charge in [0.15, 0.2) is 11.3 Å². The highest BCUT2D eigenvalue weighted by atomic mass is 16.0. The van der Waals surface area contributed by atoms with E-state index in [2.05, 4.69) is 74.4 Å². The average Bonchev–Trinajstić information content (AvgIpc) is 3.81. The van der Waals surface area contributed by atoms with Crippen LogP contribution < -0.4 is 21.3 Å². The minimum atomic E-state index is 0. The van der Waals surface area contributed by atoms with Gasteiger partial charge in [0.25, 0.3) is 0 Å². The molecule has 8 aromatic rings. The van der Waals surface area contributed by atoms with E-state index >= 15 is 0 Å². The number of aromatic nitrogens is 8. The number of fused-ring (bicyclic) bond motifs is 2. The lowest BCUT2D eigenvalue weighted by Crippen LogP contribution is -2.18. The van der Waals surface area contributed by atoms with Crippen LogP contribution in [0.1, 0.15) is 11.1 Å². The third-order valence-electron chi connectivity index (χ3n) is 7.63. The third-order valence-corrected chi connectivity index (χ3v) is 7.63. The Labute approximate surface area is 287 Å². The second-order valence-corrected chi connectivity index (χ2v) is 10.9. The molecule has 0 aliphatic carbocycles. The second kappa shape index (κ2) is 15.8. The molecule has 0 atom stereocenters. The molecule has 0 saturated heterocycles. The summed E-state index contributed by atoms with van der Waals surface area (Å²) in [5, 5.41) is 15.6. The SMILES string of the molecule is Nc1nc(N(Cc2ccccc2)c2ccccc2)c2cn[nH]c2n1.Nc1nc(N(Cc2ccccc2)c2ccccc2)c2cn[nH]c2n1.O.O. The molecular weight excluding hydrogens is 632 g/mol. The van der Waals surface area contributed by atoms with Gasteiger partial charge in [0.2, 0.25) is 11.9 Å². The number of nitrogens with one attached hydrogen (secondary N) is 2. The van der Waals surface area contributed by atoms with Crippen molar-refractivity contribution in [3.8, 4) is 0 Å². The van der Waals surface area contributed by atoms with E-state index in [1.807, 2.05) is 97.1 Å². The molecule has 0 saturated carbocycles. The molecule has 4 aromatic heterocycles. The topological polar surface area (TPSA) is 230 Å². The van der Waals surface area contributed by atoms with E-state index in [-0.39, 0.29) is 22.8 Å². The van der Waals surface area contributed by atoms with E-state index in [4.69, 9.17) is 11.5 Å². The van der Waals surface area contributed by atoms with Crippen molar-refractivity contribution in [3.05, 3.63) is 145 Å². The highest BCUT2D eigenvalue weighted by Crippen LogP contribution is 2.32. The number of benzene rings is 4. The molecule has 0 aliphatic heterocycles. The molecule has 14 nitrogen and oxygen atoms in total. The van der Waals surface area contributed by atoms with Crippen LogP contribution in [0.15, 0.2) is 134 Å². The molecule has 4 aromatic carbocycles. The van der Waals surface area contributed by atoms with E-state index < -0.39 is 0 Å². The minimum absolute atomic E-state index is 0. The van der Waals surface area contributed by atoms with Gasteiger partial charge in [-0.2, -0.15) is 30.1 Å². The lowest BCUT2D eigenvalue weighted by atomic mass is 10.2. The fourth-order valence-electron chi connectivity index (χ4n) is 5.41. The first-order valence-corrected chi connectivity index (χ1v) is 15.3. The predicted octanol–water partition coefficient (Wildman–Crippen LogP) is 4.90. The van der Waals surface area contributed by atoms with E-state index in [0.717, 1.165) is 33.8 Å². The molecule has 14 heteroatoms. The van der Waals surface area contributed by atoms with Crippen LogP contribution >= 0.6 is 0 Å². The van der Waals surface area contributed by atoms with Gasteiger partial charge in [0.05, 0.1) is 23.2 Å². The van der Waals surface area contributed by atoms with Crippen LogP contribution in [0, 0.1) is 0 Å². The number of para-hydroxylation sites is 2. The number of H-pyrrole nitrogens is 2. The maximum atomic E-state index is 5.90. The molecule has 8 rings (SSSR count). The molecule has 252 valence electrons. The largest absolute Gasteiger partial charge is 0.412 e. The molecule has 4 heterocycles. The zero-order chi connectivity index (χ0) is 32.7. The Morgan fingerprint density at radius 2 is 0.800 bits per heavy atom. The van der Waals surface area contributed by atoms with Crippen LogP contribution in [-0.4, -0.2) is 51.3 Å². The summed E-state index contributed by atoms with van der Waals surface area (Å²) in [5.41, 5.74) is 17.5. The van der Waals surface area contributed by atoms with Crippen molar-refractivity contribution >= 4 is 57.0 Å². The molecule has 0 amide bonds. The third kappa shape index (κ3) is 7.62. The predicted molar refractivity (Wildman–Crippen MR) is 197 cm³/mol. The maximum Gasteiger partial charge on any atom is 0.224 e. The van der Waals surface area contributed by atoms with E-state index in [0.29, 0.717) is 24.4 Å². The summed E-state index contributed by atoms with van der Waals surface area (Å²) >= 11 is 0. The highest BCUT2D eigenvalue weighted by Gasteiger charge is 2.19. The quantitative estimate of drug-likeness (QED) is 0.171. The van der Waals surface area contributed by atoms with Crippen LogP contribution in [0.25, 0.3) is 22.1 Å². The van der Waals surface area contributed by atoms with E-state index in [1.54, 1.807) is 12.4 Å². The summed E-state index contributed by atoms with van der Waals surface area (Å²) in [7, 11) is 0. The number of rotatable bonds is 8. The molecule has 0 radical (unpaired) electrons. The second-order valence-electron chi connectivity index (χ2n) is 10.9. The minimum Gasteiger partial charge on any atom is -0.412 e. The van der Waals surface area contributed by atoms with Gasteiger partial charge in [-0.25, -0.2) is 0 Å². The summed E-state index contributed by atoms with van der Waals surface area (Å²) < 4.78 is 0. The molecule has 0 bridgehead atoms. The Bertz CT molecular complexity index is 2070. The Balaban J connectivity index is 0.000000187.